The van der Waals surface area contributed by atoms with E-state index in [-0.39, 0.29) is 0 Å². The summed E-state index contributed by atoms with van der Waals surface area (Å²) in [6, 6.07) is 7.04. The molecule has 0 radical (unpaired) electrons. The van der Waals surface area contributed by atoms with Crippen molar-refractivity contribution in [1.29, 1.82) is 0 Å². The zero-order valence-corrected chi connectivity index (χ0v) is 9.68. The highest BCUT2D eigenvalue weighted by Crippen LogP contribution is 2.24. The average Bonchev–Trinajstić information content (AvgIpc) is 2.93. The molecule has 0 spiro atoms. The first-order valence-corrected chi connectivity index (χ1v) is 5.30. The number of nitrogens with zero attached hydrogens (tertiary/aromatic N) is 3. The Morgan fingerprint density at radius 2 is 2.18 bits per heavy atom. The Morgan fingerprint density at radius 3 is 2.88 bits per heavy atom. The van der Waals surface area contributed by atoms with Gasteiger partial charge in [0.05, 0.1) is 7.11 Å². The molecule has 3 rings (SSSR count). The zero-order valence-electron chi connectivity index (χ0n) is 8.92. The summed E-state index contributed by atoms with van der Waals surface area (Å²) >= 11 is 5.73. The van der Waals surface area contributed by atoms with Crippen molar-refractivity contribution in [3.8, 4) is 17.3 Å². The van der Waals surface area contributed by atoms with Gasteiger partial charge in [-0.15, -0.1) is 10.2 Å². The van der Waals surface area contributed by atoms with E-state index < -0.39 is 0 Å². The van der Waals surface area contributed by atoms with Gasteiger partial charge in [0, 0.05) is 12.3 Å². The van der Waals surface area contributed by atoms with Crippen LogP contribution in [0.2, 0.25) is 5.22 Å². The minimum atomic E-state index is 0.324. The van der Waals surface area contributed by atoms with Crippen LogP contribution in [-0.2, 0) is 0 Å². The van der Waals surface area contributed by atoms with Gasteiger partial charge in [0.25, 0.3) is 0 Å². The van der Waals surface area contributed by atoms with Crippen LogP contribution >= 0.6 is 11.6 Å². The third-order valence-electron chi connectivity index (χ3n) is 2.41. The maximum absolute atomic E-state index is 5.73. The van der Waals surface area contributed by atoms with Gasteiger partial charge in [-0.2, -0.15) is 0 Å². The van der Waals surface area contributed by atoms with Crippen LogP contribution in [-0.4, -0.2) is 21.7 Å². The first-order chi connectivity index (χ1) is 8.28. The van der Waals surface area contributed by atoms with Crippen molar-refractivity contribution in [2.45, 2.75) is 0 Å². The minimum Gasteiger partial charge on any atom is -0.497 e. The highest BCUT2D eigenvalue weighted by Gasteiger charge is 2.12. The fourth-order valence-corrected chi connectivity index (χ4v) is 1.75. The van der Waals surface area contributed by atoms with Gasteiger partial charge < -0.3 is 9.15 Å². The normalized spacial score (nSPS) is 10.9. The lowest BCUT2D eigenvalue weighted by molar-refractivity contribution is 0.414. The molecule has 3 aromatic heterocycles. The second-order valence-corrected chi connectivity index (χ2v) is 3.79. The molecule has 0 aliphatic heterocycles. The number of methoxy groups -OCH3 is 1. The summed E-state index contributed by atoms with van der Waals surface area (Å²) in [6.45, 7) is 0. The lowest BCUT2D eigenvalue weighted by atomic mass is 10.4. The SMILES string of the molecule is COc1ccn2c(-c3ccc(Cl)o3)nnc2c1. The number of pyridine rings is 1. The van der Waals surface area contributed by atoms with E-state index >= 15 is 0 Å². The number of aromatic nitrogens is 3. The predicted molar refractivity (Wildman–Crippen MR) is 62.3 cm³/mol. The molecule has 5 nitrogen and oxygen atoms in total. The molecular weight excluding hydrogens is 242 g/mol. The Kier molecular flexibility index (Phi) is 2.26. The molecule has 0 bridgehead atoms. The molecule has 0 amide bonds. The quantitative estimate of drug-likeness (QED) is 0.701. The molecule has 6 heteroatoms. The minimum absolute atomic E-state index is 0.324. The standard InChI is InChI=1S/C11H8ClN3O2/c1-16-7-4-5-15-10(6-7)13-14-11(15)8-2-3-9(12)17-8/h2-6H,1H3. The van der Waals surface area contributed by atoms with E-state index in [0.717, 1.165) is 5.75 Å². The van der Waals surface area contributed by atoms with Gasteiger partial charge in [0.2, 0.25) is 5.82 Å². The Balaban J connectivity index is 2.18. The maximum Gasteiger partial charge on any atom is 0.204 e. The van der Waals surface area contributed by atoms with Gasteiger partial charge >= 0.3 is 0 Å². The lowest BCUT2D eigenvalue weighted by Gasteiger charge is -2.00. The smallest absolute Gasteiger partial charge is 0.204 e. The van der Waals surface area contributed by atoms with Crippen LogP contribution in [0.3, 0.4) is 0 Å². The van der Waals surface area contributed by atoms with E-state index in [0.29, 0.717) is 22.5 Å². The topological polar surface area (TPSA) is 52.6 Å². The molecular formula is C11H8ClN3O2. The number of ether oxygens (including phenoxy) is 1. The highest BCUT2D eigenvalue weighted by atomic mass is 35.5. The van der Waals surface area contributed by atoms with E-state index in [1.54, 1.807) is 29.7 Å². The number of rotatable bonds is 2. The Labute approximate surface area is 102 Å². The molecule has 0 N–H and O–H groups in total. The average molecular weight is 250 g/mol. The third kappa shape index (κ3) is 1.64. The van der Waals surface area contributed by atoms with Crippen molar-refractivity contribution >= 4 is 17.2 Å². The van der Waals surface area contributed by atoms with E-state index in [2.05, 4.69) is 10.2 Å². The zero-order chi connectivity index (χ0) is 11.8. The number of hydrogen-bond donors (Lipinski definition) is 0. The number of hydrogen-bond acceptors (Lipinski definition) is 4. The van der Waals surface area contributed by atoms with Gasteiger partial charge in [0.1, 0.15) is 5.75 Å². The third-order valence-corrected chi connectivity index (χ3v) is 2.61. The Hall–Kier alpha value is -2.01. The predicted octanol–water partition coefficient (Wildman–Crippen LogP) is 2.65. The second kappa shape index (κ2) is 3.78. The monoisotopic (exact) mass is 249 g/mol. The Morgan fingerprint density at radius 1 is 1.29 bits per heavy atom. The number of fused-ring (bicyclic) bond motifs is 1. The molecule has 0 saturated heterocycles. The van der Waals surface area contributed by atoms with Gasteiger partial charge in [-0.1, -0.05) is 0 Å². The van der Waals surface area contributed by atoms with E-state index in [9.17, 15) is 0 Å². The van der Waals surface area contributed by atoms with Crippen molar-refractivity contribution in [2.24, 2.45) is 0 Å². The summed E-state index contributed by atoms with van der Waals surface area (Å²) in [5.41, 5.74) is 0.687. The summed E-state index contributed by atoms with van der Waals surface area (Å²) < 4.78 is 12.2. The lowest BCUT2D eigenvalue weighted by Crippen LogP contribution is -1.89. The summed E-state index contributed by atoms with van der Waals surface area (Å²) in [4.78, 5) is 0. The first-order valence-electron chi connectivity index (χ1n) is 4.92. The molecule has 86 valence electrons. The van der Waals surface area contributed by atoms with Crippen molar-refractivity contribution in [3.63, 3.8) is 0 Å². The van der Waals surface area contributed by atoms with Crippen LogP contribution in [0.25, 0.3) is 17.2 Å². The van der Waals surface area contributed by atoms with Gasteiger partial charge in [-0.25, -0.2) is 0 Å². The van der Waals surface area contributed by atoms with Crippen LogP contribution < -0.4 is 4.74 Å². The second-order valence-electron chi connectivity index (χ2n) is 3.42. The summed E-state index contributed by atoms with van der Waals surface area (Å²) in [6.07, 6.45) is 1.82. The molecule has 0 aliphatic carbocycles. The fourth-order valence-electron chi connectivity index (χ4n) is 1.60. The summed E-state index contributed by atoms with van der Waals surface area (Å²) in [7, 11) is 1.61. The summed E-state index contributed by atoms with van der Waals surface area (Å²) in [5, 5.41) is 8.43. The molecule has 0 atom stereocenters. The number of furan rings is 1. The van der Waals surface area contributed by atoms with Crippen LogP contribution in [0, 0.1) is 0 Å². The van der Waals surface area contributed by atoms with Crippen LogP contribution in [0.1, 0.15) is 0 Å². The highest BCUT2D eigenvalue weighted by molar-refractivity contribution is 6.28. The molecule has 0 aliphatic rings. The molecule has 0 aromatic carbocycles. The largest absolute Gasteiger partial charge is 0.497 e. The van der Waals surface area contributed by atoms with Gasteiger partial charge in [-0.05, 0) is 29.8 Å². The van der Waals surface area contributed by atoms with Gasteiger partial charge in [0.15, 0.2) is 16.6 Å². The Bertz CT molecular complexity index is 674. The van der Waals surface area contributed by atoms with Crippen LogP contribution in [0.15, 0.2) is 34.9 Å². The summed E-state index contributed by atoms with van der Waals surface area (Å²) in [5.74, 6) is 1.91. The van der Waals surface area contributed by atoms with Crippen molar-refractivity contribution in [3.05, 3.63) is 35.7 Å². The van der Waals surface area contributed by atoms with Crippen molar-refractivity contribution in [2.75, 3.05) is 7.11 Å². The van der Waals surface area contributed by atoms with E-state index in [4.69, 9.17) is 20.8 Å². The number of halogens is 1. The fraction of sp³-hybridized carbons (Fsp3) is 0.0909. The van der Waals surface area contributed by atoms with E-state index in [1.807, 2.05) is 12.3 Å². The maximum atomic E-state index is 5.73. The van der Waals surface area contributed by atoms with Crippen LogP contribution in [0.4, 0.5) is 0 Å². The molecule has 3 heterocycles. The molecule has 3 aromatic rings. The van der Waals surface area contributed by atoms with Crippen molar-refractivity contribution < 1.29 is 9.15 Å². The van der Waals surface area contributed by atoms with E-state index in [1.165, 1.54) is 0 Å². The molecule has 0 unspecified atom stereocenters. The first kappa shape index (κ1) is 10.2. The molecule has 17 heavy (non-hydrogen) atoms. The van der Waals surface area contributed by atoms with Gasteiger partial charge in [-0.3, -0.25) is 4.40 Å². The molecule has 0 fully saturated rings. The molecule has 0 saturated carbocycles. The van der Waals surface area contributed by atoms with Crippen LogP contribution in [0.5, 0.6) is 5.75 Å². The van der Waals surface area contributed by atoms with Crippen molar-refractivity contribution in [1.82, 2.24) is 14.6 Å².